The highest BCUT2D eigenvalue weighted by molar-refractivity contribution is 5.68. The van der Waals surface area contributed by atoms with E-state index in [-0.39, 0.29) is 6.09 Å². The Morgan fingerprint density at radius 3 is 2.52 bits per heavy atom. The number of aromatic nitrogens is 2. The molecule has 1 saturated heterocycles. The molecule has 0 aliphatic carbocycles. The fourth-order valence-corrected chi connectivity index (χ4v) is 3.14. The monoisotopic (exact) mass is 398 g/mol. The number of hydrogen-bond donors (Lipinski definition) is 1. The molecule has 0 radical (unpaired) electrons. The van der Waals surface area contributed by atoms with E-state index in [1.165, 1.54) is 0 Å². The third kappa shape index (κ3) is 5.80. The highest BCUT2D eigenvalue weighted by atomic mass is 16.6. The van der Waals surface area contributed by atoms with Crippen molar-refractivity contribution >= 4 is 17.7 Å². The van der Waals surface area contributed by atoms with Gasteiger partial charge in [-0.25, -0.2) is 14.8 Å². The summed E-state index contributed by atoms with van der Waals surface area (Å²) in [5.74, 6) is 2.38. The number of amides is 1. The molecule has 1 N–H and O–H groups in total. The number of anilines is 2. The fraction of sp³-hybridized carbons (Fsp3) is 0.476. The number of likely N-dealkylation sites (N-methyl/N-ethyl adjacent to an activating group) is 1. The van der Waals surface area contributed by atoms with Gasteiger partial charge in [0.1, 0.15) is 11.6 Å². The van der Waals surface area contributed by atoms with Gasteiger partial charge in [0.2, 0.25) is 0 Å². The van der Waals surface area contributed by atoms with E-state index in [9.17, 15) is 4.79 Å². The van der Waals surface area contributed by atoms with Crippen LogP contribution in [-0.2, 0) is 4.74 Å². The Labute approximate surface area is 172 Å². The summed E-state index contributed by atoms with van der Waals surface area (Å²) in [5.41, 5.74) is 0.982. The summed E-state index contributed by atoms with van der Waals surface area (Å²) in [6, 6.07) is 12.0. The maximum absolute atomic E-state index is 12.0. The highest BCUT2D eigenvalue weighted by Gasteiger charge is 2.23. The second-order valence-corrected chi connectivity index (χ2v) is 7.20. The third-order valence-electron chi connectivity index (χ3n) is 4.74. The van der Waals surface area contributed by atoms with Crippen LogP contribution in [0, 0.1) is 0 Å². The van der Waals surface area contributed by atoms with Gasteiger partial charge in [-0.1, -0.05) is 30.3 Å². The number of rotatable bonds is 7. The summed E-state index contributed by atoms with van der Waals surface area (Å²) >= 11 is 0. The average molecular weight is 399 g/mol. The van der Waals surface area contributed by atoms with Crippen LogP contribution >= 0.6 is 0 Å². The van der Waals surface area contributed by atoms with E-state index >= 15 is 0 Å². The van der Waals surface area contributed by atoms with Crippen molar-refractivity contribution in [1.82, 2.24) is 19.8 Å². The van der Waals surface area contributed by atoms with E-state index in [1.807, 2.05) is 57.4 Å². The quantitative estimate of drug-likeness (QED) is 0.768. The number of hydrogen-bond acceptors (Lipinski definition) is 7. The van der Waals surface area contributed by atoms with Gasteiger partial charge in [0, 0.05) is 50.9 Å². The molecule has 8 nitrogen and oxygen atoms in total. The van der Waals surface area contributed by atoms with E-state index < -0.39 is 0 Å². The minimum absolute atomic E-state index is 0.245. The van der Waals surface area contributed by atoms with Crippen LogP contribution in [0.3, 0.4) is 0 Å². The molecular formula is C21H30N6O2. The molecule has 0 bridgehead atoms. The SMILES string of the molecule is CCOC(=O)N1CCN(c2cc(NCCN(C)C)nc(-c3ccccc3)n2)CC1. The van der Waals surface area contributed by atoms with Gasteiger partial charge in [0.15, 0.2) is 5.82 Å². The van der Waals surface area contributed by atoms with Crippen LogP contribution in [0.2, 0.25) is 0 Å². The van der Waals surface area contributed by atoms with Gasteiger partial charge in [0.05, 0.1) is 6.61 Å². The van der Waals surface area contributed by atoms with Gasteiger partial charge in [-0.2, -0.15) is 0 Å². The van der Waals surface area contributed by atoms with Gasteiger partial charge < -0.3 is 24.8 Å². The lowest BCUT2D eigenvalue weighted by Gasteiger charge is -2.35. The topological polar surface area (TPSA) is 73.8 Å². The van der Waals surface area contributed by atoms with Gasteiger partial charge in [-0.3, -0.25) is 0 Å². The van der Waals surface area contributed by atoms with Crippen LogP contribution in [0.25, 0.3) is 11.4 Å². The molecule has 29 heavy (non-hydrogen) atoms. The van der Waals surface area contributed by atoms with Crippen molar-refractivity contribution in [3.8, 4) is 11.4 Å². The Bertz CT molecular complexity index is 791. The number of carbonyl (C=O) groups is 1. The third-order valence-corrected chi connectivity index (χ3v) is 4.74. The smallest absolute Gasteiger partial charge is 0.409 e. The second kappa shape index (κ2) is 10.1. The molecule has 156 valence electrons. The number of nitrogens with one attached hydrogen (secondary N) is 1. The lowest BCUT2D eigenvalue weighted by molar-refractivity contribution is 0.105. The zero-order chi connectivity index (χ0) is 20.6. The van der Waals surface area contributed by atoms with Crippen molar-refractivity contribution in [1.29, 1.82) is 0 Å². The molecule has 1 aromatic heterocycles. The zero-order valence-electron chi connectivity index (χ0n) is 17.5. The van der Waals surface area contributed by atoms with Crippen molar-refractivity contribution < 1.29 is 9.53 Å². The van der Waals surface area contributed by atoms with Gasteiger partial charge in [-0.15, -0.1) is 0 Å². The maximum Gasteiger partial charge on any atom is 0.409 e. The van der Waals surface area contributed by atoms with Crippen molar-refractivity contribution in [2.45, 2.75) is 6.92 Å². The number of ether oxygens (including phenoxy) is 1. The molecule has 8 heteroatoms. The molecule has 1 aromatic carbocycles. The summed E-state index contributed by atoms with van der Waals surface area (Å²) in [5, 5.41) is 3.41. The summed E-state index contributed by atoms with van der Waals surface area (Å²) in [6.07, 6.45) is -0.245. The zero-order valence-corrected chi connectivity index (χ0v) is 17.5. The van der Waals surface area contributed by atoms with Crippen LogP contribution in [0.5, 0.6) is 0 Å². The molecule has 1 aliphatic rings. The molecule has 0 atom stereocenters. The molecule has 1 aliphatic heterocycles. The van der Waals surface area contributed by atoms with Crippen LogP contribution in [0.4, 0.5) is 16.4 Å². The Morgan fingerprint density at radius 1 is 1.14 bits per heavy atom. The summed E-state index contributed by atoms with van der Waals surface area (Å²) in [6.45, 7) is 6.59. The molecule has 2 aromatic rings. The first-order chi connectivity index (χ1) is 14.1. The molecule has 0 spiro atoms. The predicted octanol–water partition coefficient (Wildman–Crippen LogP) is 2.40. The van der Waals surface area contributed by atoms with E-state index in [4.69, 9.17) is 14.7 Å². The molecule has 1 amide bonds. The Hall–Kier alpha value is -2.87. The molecule has 1 fully saturated rings. The molecular weight excluding hydrogens is 368 g/mol. The van der Waals surface area contributed by atoms with Crippen molar-refractivity contribution in [3.05, 3.63) is 36.4 Å². The standard InChI is InChI=1S/C21H30N6O2/c1-4-29-21(28)27-14-12-26(13-15-27)19-16-18(22-10-11-25(2)3)23-20(24-19)17-8-6-5-7-9-17/h5-9,16H,4,10-15H2,1-3H3,(H,22,23,24). The van der Waals surface area contributed by atoms with Gasteiger partial charge in [0.25, 0.3) is 0 Å². The van der Waals surface area contributed by atoms with Crippen molar-refractivity contribution in [2.75, 3.05) is 70.2 Å². The lowest BCUT2D eigenvalue weighted by atomic mass is 10.2. The largest absolute Gasteiger partial charge is 0.450 e. The van der Waals surface area contributed by atoms with Crippen LogP contribution in [-0.4, -0.2) is 85.8 Å². The van der Waals surface area contributed by atoms with Crippen LogP contribution < -0.4 is 10.2 Å². The minimum atomic E-state index is -0.245. The first kappa shape index (κ1) is 20.9. The van der Waals surface area contributed by atoms with Crippen LogP contribution in [0.15, 0.2) is 36.4 Å². The lowest BCUT2D eigenvalue weighted by Crippen LogP contribution is -2.49. The number of piperazine rings is 1. The fourth-order valence-electron chi connectivity index (χ4n) is 3.14. The normalized spacial score (nSPS) is 14.2. The maximum atomic E-state index is 12.0. The van der Waals surface area contributed by atoms with Gasteiger partial charge in [-0.05, 0) is 21.0 Å². The molecule has 2 heterocycles. The van der Waals surface area contributed by atoms with Gasteiger partial charge >= 0.3 is 6.09 Å². The second-order valence-electron chi connectivity index (χ2n) is 7.20. The predicted molar refractivity (Wildman–Crippen MR) is 115 cm³/mol. The summed E-state index contributed by atoms with van der Waals surface area (Å²) < 4.78 is 5.11. The Morgan fingerprint density at radius 2 is 1.86 bits per heavy atom. The number of nitrogens with zero attached hydrogens (tertiary/aromatic N) is 5. The van der Waals surface area contributed by atoms with Crippen LogP contribution in [0.1, 0.15) is 6.92 Å². The summed E-state index contributed by atoms with van der Waals surface area (Å²) in [7, 11) is 4.09. The average Bonchev–Trinajstić information content (AvgIpc) is 2.74. The minimum Gasteiger partial charge on any atom is -0.450 e. The molecule has 3 rings (SSSR count). The Balaban J connectivity index is 1.77. The molecule has 0 unspecified atom stereocenters. The van der Waals surface area contributed by atoms with E-state index in [2.05, 4.69) is 15.1 Å². The summed E-state index contributed by atoms with van der Waals surface area (Å²) in [4.78, 5) is 27.5. The number of carbonyl (C=O) groups excluding carboxylic acids is 1. The van der Waals surface area contributed by atoms with Crippen molar-refractivity contribution in [2.24, 2.45) is 0 Å². The molecule has 0 saturated carbocycles. The highest BCUT2D eigenvalue weighted by Crippen LogP contribution is 2.23. The number of benzene rings is 1. The van der Waals surface area contributed by atoms with E-state index in [0.717, 1.165) is 30.3 Å². The van der Waals surface area contributed by atoms with E-state index in [0.29, 0.717) is 38.6 Å². The Kier molecular flexibility index (Phi) is 7.24. The first-order valence-corrected chi connectivity index (χ1v) is 10.1. The van der Waals surface area contributed by atoms with E-state index in [1.54, 1.807) is 4.90 Å². The van der Waals surface area contributed by atoms with Crippen molar-refractivity contribution in [3.63, 3.8) is 0 Å². The first-order valence-electron chi connectivity index (χ1n) is 10.1.